The molecule has 2 aromatic heterocycles. The maximum Gasteiger partial charge on any atom is 0.0807 e. The molecule has 0 bridgehead atoms. The van der Waals surface area contributed by atoms with Gasteiger partial charge in [0.05, 0.1) is 18.0 Å². The highest BCUT2D eigenvalue weighted by molar-refractivity contribution is 5.39. The van der Waals surface area contributed by atoms with Crippen LogP contribution in [0, 0.1) is 6.92 Å². The highest BCUT2D eigenvalue weighted by Gasteiger charge is 2.21. The minimum atomic E-state index is -0.294. The second kappa shape index (κ2) is 4.00. The molecule has 1 aliphatic rings. The highest BCUT2D eigenvalue weighted by atomic mass is 16.3. The van der Waals surface area contributed by atoms with E-state index in [0.717, 1.165) is 36.1 Å². The number of fused-ring (bicyclic) bond motifs is 1. The number of hydrogen-bond donors (Lipinski definition) is 1. The Hall–Kier alpha value is -1.61. The molecule has 3 nitrogen and oxygen atoms in total. The molecule has 0 spiro atoms. The van der Waals surface area contributed by atoms with Crippen LogP contribution < -0.4 is 0 Å². The zero-order valence-corrected chi connectivity index (χ0v) is 9.93. The molecule has 88 valence electrons. The number of aliphatic hydroxyl groups is 1. The molecule has 1 aliphatic carbocycles. The van der Waals surface area contributed by atoms with Crippen LogP contribution in [0.5, 0.6) is 0 Å². The Balaban J connectivity index is 2.10. The number of rotatable bonds is 1. The zero-order valence-electron chi connectivity index (χ0n) is 9.93. The molecule has 17 heavy (non-hydrogen) atoms. The number of aromatic nitrogens is 2. The molecule has 0 aliphatic heterocycles. The summed E-state index contributed by atoms with van der Waals surface area (Å²) < 4.78 is 2.15. The molecule has 0 radical (unpaired) electrons. The molecule has 3 heteroatoms. The van der Waals surface area contributed by atoms with E-state index in [1.165, 1.54) is 5.69 Å². The Bertz CT molecular complexity index is 545. The molecule has 0 saturated heterocycles. The van der Waals surface area contributed by atoms with Crippen LogP contribution in [-0.2, 0) is 6.42 Å². The topological polar surface area (TPSA) is 38.0 Å². The number of nitrogens with zero attached hydrogens (tertiary/aromatic N) is 2. The zero-order chi connectivity index (χ0) is 11.8. The summed E-state index contributed by atoms with van der Waals surface area (Å²) in [6, 6.07) is 4.15. The van der Waals surface area contributed by atoms with Gasteiger partial charge < -0.3 is 9.67 Å². The maximum absolute atomic E-state index is 9.95. The van der Waals surface area contributed by atoms with Crippen LogP contribution >= 0.6 is 0 Å². The van der Waals surface area contributed by atoms with Gasteiger partial charge in [-0.05, 0) is 43.9 Å². The van der Waals surface area contributed by atoms with Gasteiger partial charge in [-0.2, -0.15) is 0 Å². The number of pyridine rings is 1. The summed E-state index contributed by atoms with van der Waals surface area (Å²) in [5.41, 5.74) is 4.55. The van der Waals surface area contributed by atoms with Gasteiger partial charge in [-0.25, -0.2) is 0 Å². The van der Waals surface area contributed by atoms with E-state index >= 15 is 0 Å². The highest BCUT2D eigenvalue weighted by Crippen LogP contribution is 2.31. The fraction of sp³-hybridized carbons (Fsp3) is 0.357. The van der Waals surface area contributed by atoms with Crippen LogP contribution in [0.1, 0.15) is 35.8 Å². The number of aryl methyl sites for hydroxylation is 1. The molecular weight excluding hydrogens is 212 g/mol. The summed E-state index contributed by atoms with van der Waals surface area (Å²) in [5.74, 6) is 0. The summed E-state index contributed by atoms with van der Waals surface area (Å²) in [5, 5.41) is 9.95. The van der Waals surface area contributed by atoms with Gasteiger partial charge in [0, 0.05) is 23.7 Å². The Morgan fingerprint density at radius 1 is 1.41 bits per heavy atom. The summed E-state index contributed by atoms with van der Waals surface area (Å²) >= 11 is 0. The van der Waals surface area contributed by atoms with Gasteiger partial charge in [0.2, 0.25) is 0 Å². The van der Waals surface area contributed by atoms with E-state index in [4.69, 9.17) is 0 Å². The van der Waals surface area contributed by atoms with E-state index in [-0.39, 0.29) is 6.10 Å². The summed E-state index contributed by atoms with van der Waals surface area (Å²) in [6.45, 7) is 2.04. The minimum Gasteiger partial charge on any atom is -0.388 e. The Kier molecular flexibility index (Phi) is 2.48. The van der Waals surface area contributed by atoms with Crippen molar-refractivity contribution >= 4 is 0 Å². The summed E-state index contributed by atoms with van der Waals surface area (Å²) in [6.07, 6.45) is 8.43. The first-order chi connectivity index (χ1) is 8.25. The van der Waals surface area contributed by atoms with Crippen LogP contribution in [0.2, 0.25) is 0 Å². The molecule has 3 rings (SSSR count). The van der Waals surface area contributed by atoms with Crippen molar-refractivity contribution in [1.82, 2.24) is 9.55 Å². The molecule has 0 fully saturated rings. The fourth-order valence-corrected chi connectivity index (χ4v) is 2.58. The quantitative estimate of drug-likeness (QED) is 0.814. The first-order valence-corrected chi connectivity index (χ1v) is 6.06. The Morgan fingerprint density at radius 3 is 3.12 bits per heavy atom. The second-order valence-corrected chi connectivity index (χ2v) is 4.72. The van der Waals surface area contributed by atoms with Crippen molar-refractivity contribution in [2.45, 2.75) is 32.3 Å². The minimum absolute atomic E-state index is 0.294. The third-order valence-corrected chi connectivity index (χ3v) is 3.42. The molecular formula is C14H16N2O. The van der Waals surface area contributed by atoms with Crippen LogP contribution in [0.4, 0.5) is 0 Å². The van der Waals surface area contributed by atoms with E-state index in [9.17, 15) is 5.11 Å². The van der Waals surface area contributed by atoms with Crippen molar-refractivity contribution in [2.24, 2.45) is 0 Å². The lowest BCUT2D eigenvalue weighted by molar-refractivity contribution is 0.156. The lowest BCUT2D eigenvalue weighted by Gasteiger charge is -2.20. The third kappa shape index (κ3) is 1.76. The number of hydrogen-bond acceptors (Lipinski definition) is 2. The fourth-order valence-electron chi connectivity index (χ4n) is 2.58. The van der Waals surface area contributed by atoms with Gasteiger partial charge in [0.1, 0.15) is 0 Å². The monoisotopic (exact) mass is 228 g/mol. The van der Waals surface area contributed by atoms with Gasteiger partial charge in [0.15, 0.2) is 0 Å². The smallest absolute Gasteiger partial charge is 0.0807 e. The van der Waals surface area contributed by atoms with Crippen LogP contribution in [0.3, 0.4) is 0 Å². The molecule has 1 N–H and O–H groups in total. The average Bonchev–Trinajstić information content (AvgIpc) is 2.74. The van der Waals surface area contributed by atoms with Gasteiger partial charge >= 0.3 is 0 Å². The van der Waals surface area contributed by atoms with Crippen molar-refractivity contribution in [3.63, 3.8) is 0 Å². The first kappa shape index (κ1) is 10.5. The molecule has 2 heterocycles. The Morgan fingerprint density at radius 2 is 2.29 bits per heavy atom. The van der Waals surface area contributed by atoms with Crippen molar-refractivity contribution in [1.29, 1.82) is 0 Å². The van der Waals surface area contributed by atoms with Crippen molar-refractivity contribution < 1.29 is 5.11 Å². The van der Waals surface area contributed by atoms with Gasteiger partial charge in [-0.1, -0.05) is 0 Å². The molecule has 0 amide bonds. The molecule has 2 aromatic rings. The van der Waals surface area contributed by atoms with Crippen molar-refractivity contribution in [2.75, 3.05) is 0 Å². The Labute approximate surface area is 101 Å². The van der Waals surface area contributed by atoms with Crippen LogP contribution in [-0.4, -0.2) is 14.7 Å². The molecule has 1 atom stereocenters. The van der Waals surface area contributed by atoms with Gasteiger partial charge in [0.25, 0.3) is 0 Å². The lowest BCUT2D eigenvalue weighted by atomic mass is 9.95. The second-order valence-electron chi connectivity index (χ2n) is 4.72. The van der Waals surface area contributed by atoms with Crippen molar-refractivity contribution in [3.05, 3.63) is 47.5 Å². The largest absolute Gasteiger partial charge is 0.388 e. The predicted octanol–water partition coefficient (Wildman–Crippen LogP) is 2.55. The standard InChI is InChI=1S/C14H16N2O/c1-10-7-11(9-15-8-10)16-6-5-12-13(16)3-2-4-14(12)17/h5-9,14,17H,2-4H2,1H3. The lowest BCUT2D eigenvalue weighted by Crippen LogP contribution is -2.11. The average molecular weight is 228 g/mol. The van der Waals surface area contributed by atoms with Gasteiger partial charge in [-0.3, -0.25) is 4.98 Å². The van der Waals surface area contributed by atoms with E-state index in [1.807, 2.05) is 31.6 Å². The summed E-state index contributed by atoms with van der Waals surface area (Å²) in [7, 11) is 0. The molecule has 0 aromatic carbocycles. The SMILES string of the molecule is Cc1cncc(-n2ccc3c2CCCC3O)c1. The third-order valence-electron chi connectivity index (χ3n) is 3.42. The van der Waals surface area contributed by atoms with E-state index in [2.05, 4.69) is 15.6 Å². The molecule has 1 unspecified atom stereocenters. The van der Waals surface area contributed by atoms with Crippen LogP contribution in [0.25, 0.3) is 5.69 Å². The van der Waals surface area contributed by atoms with E-state index in [1.54, 1.807) is 0 Å². The van der Waals surface area contributed by atoms with E-state index < -0.39 is 0 Å². The van der Waals surface area contributed by atoms with Crippen LogP contribution in [0.15, 0.2) is 30.7 Å². The normalized spacial score (nSPS) is 19.1. The number of aliphatic hydroxyl groups excluding tert-OH is 1. The van der Waals surface area contributed by atoms with Crippen molar-refractivity contribution in [3.8, 4) is 5.69 Å². The maximum atomic E-state index is 9.95. The molecule has 0 saturated carbocycles. The predicted molar refractivity (Wildman–Crippen MR) is 66.2 cm³/mol. The first-order valence-electron chi connectivity index (χ1n) is 6.06. The van der Waals surface area contributed by atoms with E-state index in [0.29, 0.717) is 0 Å². The summed E-state index contributed by atoms with van der Waals surface area (Å²) in [4.78, 5) is 4.22. The van der Waals surface area contributed by atoms with Gasteiger partial charge in [-0.15, -0.1) is 0 Å².